The van der Waals surface area contributed by atoms with E-state index in [1.807, 2.05) is 0 Å². The average Bonchev–Trinajstić information content (AvgIpc) is 2.21. The first-order chi connectivity index (χ1) is 6.91. The van der Waals surface area contributed by atoms with Crippen LogP contribution in [0.1, 0.15) is 64.2 Å². The van der Waals surface area contributed by atoms with Gasteiger partial charge in [-0.15, -0.1) is 0 Å². The Morgan fingerprint density at radius 3 is 1.27 bits per heavy atom. The molecule has 0 aromatic heterocycles. The van der Waals surface area contributed by atoms with Gasteiger partial charge in [-0.05, 0) is 12.8 Å². The maximum Gasteiger partial charge on any atom is 0.0431 e. The second-order valence-corrected chi connectivity index (χ2v) is 4.74. The SMILES string of the molecule is N.OCCCCCCCCCCCCBr. The molecule has 0 saturated heterocycles. The lowest BCUT2D eigenvalue weighted by atomic mass is 10.1. The second-order valence-electron chi connectivity index (χ2n) is 3.95. The van der Waals surface area contributed by atoms with E-state index in [4.69, 9.17) is 5.11 Å². The van der Waals surface area contributed by atoms with Gasteiger partial charge in [0.1, 0.15) is 0 Å². The molecule has 0 fully saturated rings. The lowest BCUT2D eigenvalue weighted by Crippen LogP contribution is -1.84. The van der Waals surface area contributed by atoms with E-state index in [1.165, 1.54) is 57.8 Å². The highest BCUT2D eigenvalue weighted by molar-refractivity contribution is 9.09. The third kappa shape index (κ3) is 17.0. The first-order valence-corrected chi connectivity index (χ1v) is 7.20. The van der Waals surface area contributed by atoms with Crippen LogP contribution in [0.25, 0.3) is 0 Å². The zero-order chi connectivity index (χ0) is 10.5. The van der Waals surface area contributed by atoms with Crippen molar-refractivity contribution in [3.8, 4) is 0 Å². The minimum atomic E-state index is 0. The smallest absolute Gasteiger partial charge is 0.0431 e. The molecule has 0 rings (SSSR count). The summed E-state index contributed by atoms with van der Waals surface area (Å²) in [5.41, 5.74) is 0. The third-order valence-electron chi connectivity index (χ3n) is 2.54. The topological polar surface area (TPSA) is 55.2 Å². The van der Waals surface area contributed by atoms with E-state index < -0.39 is 0 Å². The van der Waals surface area contributed by atoms with Crippen molar-refractivity contribution in [2.45, 2.75) is 64.2 Å². The fourth-order valence-corrected chi connectivity index (χ4v) is 2.02. The monoisotopic (exact) mass is 281 g/mol. The number of hydrogen-bond acceptors (Lipinski definition) is 2. The predicted octanol–water partition coefficient (Wildman–Crippen LogP) is 4.44. The second kappa shape index (κ2) is 16.8. The predicted molar refractivity (Wildman–Crippen MR) is 72.1 cm³/mol. The summed E-state index contributed by atoms with van der Waals surface area (Å²) in [6.07, 6.45) is 13.2. The molecule has 2 nitrogen and oxygen atoms in total. The van der Waals surface area contributed by atoms with Gasteiger partial charge in [-0.3, -0.25) is 0 Å². The molecule has 0 saturated carbocycles. The van der Waals surface area contributed by atoms with Crippen LogP contribution in [0.15, 0.2) is 0 Å². The Labute approximate surface area is 104 Å². The molecule has 0 aromatic rings. The highest BCUT2D eigenvalue weighted by Gasteiger charge is 1.92. The minimum Gasteiger partial charge on any atom is -0.396 e. The molecule has 94 valence electrons. The molecule has 0 heterocycles. The fourth-order valence-electron chi connectivity index (χ4n) is 1.62. The van der Waals surface area contributed by atoms with Crippen molar-refractivity contribution in [1.29, 1.82) is 0 Å². The Morgan fingerprint density at radius 1 is 0.600 bits per heavy atom. The largest absolute Gasteiger partial charge is 0.396 e. The molecule has 0 unspecified atom stereocenters. The van der Waals surface area contributed by atoms with Crippen LogP contribution in [0.3, 0.4) is 0 Å². The number of halogens is 1. The molecule has 0 aliphatic rings. The Bertz CT molecular complexity index is 89.6. The van der Waals surface area contributed by atoms with Gasteiger partial charge in [0.2, 0.25) is 0 Å². The number of aliphatic hydroxyl groups excluding tert-OH is 1. The Morgan fingerprint density at radius 2 is 0.933 bits per heavy atom. The maximum atomic E-state index is 8.59. The Hall–Kier alpha value is 0.400. The standard InChI is InChI=1S/C12H25BrO.H3N/c13-11-9-7-5-3-1-2-4-6-8-10-12-14;/h14H,1-12H2;1H3. The average molecular weight is 282 g/mol. The van der Waals surface area contributed by atoms with Crippen LogP contribution < -0.4 is 6.15 Å². The molecule has 0 atom stereocenters. The van der Waals surface area contributed by atoms with Gasteiger partial charge >= 0.3 is 0 Å². The Kier molecular flexibility index (Phi) is 19.9. The minimum absolute atomic E-state index is 0. The van der Waals surface area contributed by atoms with Gasteiger partial charge in [-0.2, -0.15) is 0 Å². The number of alkyl halides is 1. The zero-order valence-corrected chi connectivity index (χ0v) is 11.6. The molecule has 0 radical (unpaired) electrons. The van der Waals surface area contributed by atoms with Crippen LogP contribution in [-0.4, -0.2) is 17.0 Å². The first kappa shape index (κ1) is 17.8. The summed E-state index contributed by atoms with van der Waals surface area (Å²) in [4.78, 5) is 0. The third-order valence-corrected chi connectivity index (χ3v) is 3.10. The van der Waals surface area contributed by atoms with E-state index >= 15 is 0 Å². The number of hydrogen-bond donors (Lipinski definition) is 2. The van der Waals surface area contributed by atoms with E-state index in [9.17, 15) is 0 Å². The van der Waals surface area contributed by atoms with Gasteiger partial charge < -0.3 is 11.3 Å². The van der Waals surface area contributed by atoms with Crippen LogP contribution in [0, 0.1) is 0 Å². The van der Waals surface area contributed by atoms with Gasteiger partial charge in [0.15, 0.2) is 0 Å². The number of rotatable bonds is 11. The quantitative estimate of drug-likeness (QED) is 0.435. The summed E-state index contributed by atoms with van der Waals surface area (Å²) >= 11 is 3.45. The van der Waals surface area contributed by atoms with Crippen molar-refractivity contribution < 1.29 is 5.11 Å². The van der Waals surface area contributed by atoms with Crippen molar-refractivity contribution in [3.05, 3.63) is 0 Å². The number of aliphatic hydroxyl groups is 1. The molecule has 4 N–H and O–H groups in total. The molecule has 0 amide bonds. The molecule has 15 heavy (non-hydrogen) atoms. The van der Waals surface area contributed by atoms with E-state index in [0.717, 1.165) is 11.8 Å². The van der Waals surface area contributed by atoms with E-state index in [-0.39, 0.29) is 6.15 Å². The zero-order valence-electron chi connectivity index (χ0n) is 10.0. The molecular formula is C12H28BrNO. The molecule has 0 aliphatic heterocycles. The molecule has 0 aromatic carbocycles. The van der Waals surface area contributed by atoms with Crippen molar-refractivity contribution in [3.63, 3.8) is 0 Å². The van der Waals surface area contributed by atoms with Gasteiger partial charge in [-0.25, -0.2) is 0 Å². The fraction of sp³-hybridized carbons (Fsp3) is 1.00. The summed E-state index contributed by atoms with van der Waals surface area (Å²) in [6, 6.07) is 0. The van der Waals surface area contributed by atoms with Crippen LogP contribution in [0.2, 0.25) is 0 Å². The van der Waals surface area contributed by atoms with Crippen molar-refractivity contribution in [2.75, 3.05) is 11.9 Å². The highest BCUT2D eigenvalue weighted by atomic mass is 79.9. The lowest BCUT2D eigenvalue weighted by Gasteiger charge is -2.01. The molecule has 0 spiro atoms. The van der Waals surface area contributed by atoms with Gasteiger partial charge in [-0.1, -0.05) is 67.3 Å². The lowest BCUT2D eigenvalue weighted by molar-refractivity contribution is 0.282. The molecule has 0 bridgehead atoms. The molecule has 3 heteroatoms. The van der Waals surface area contributed by atoms with Gasteiger partial charge in [0.25, 0.3) is 0 Å². The molecule has 0 aliphatic carbocycles. The van der Waals surface area contributed by atoms with Crippen LogP contribution in [0.5, 0.6) is 0 Å². The van der Waals surface area contributed by atoms with Crippen molar-refractivity contribution in [1.82, 2.24) is 6.15 Å². The van der Waals surface area contributed by atoms with Crippen molar-refractivity contribution in [2.24, 2.45) is 0 Å². The Balaban J connectivity index is 0. The van der Waals surface area contributed by atoms with E-state index in [0.29, 0.717) is 6.61 Å². The first-order valence-electron chi connectivity index (χ1n) is 6.08. The van der Waals surface area contributed by atoms with Gasteiger partial charge in [0.05, 0.1) is 0 Å². The highest BCUT2D eigenvalue weighted by Crippen LogP contribution is 2.10. The maximum absolute atomic E-state index is 8.59. The molecular weight excluding hydrogens is 254 g/mol. The van der Waals surface area contributed by atoms with Crippen LogP contribution >= 0.6 is 15.9 Å². The van der Waals surface area contributed by atoms with Crippen LogP contribution in [0.4, 0.5) is 0 Å². The summed E-state index contributed by atoms with van der Waals surface area (Å²) in [7, 11) is 0. The summed E-state index contributed by atoms with van der Waals surface area (Å²) in [5.74, 6) is 0. The summed E-state index contributed by atoms with van der Waals surface area (Å²) in [5, 5.41) is 9.75. The number of unbranched alkanes of at least 4 members (excludes halogenated alkanes) is 9. The normalized spacial score (nSPS) is 10.0. The van der Waals surface area contributed by atoms with Crippen LogP contribution in [-0.2, 0) is 0 Å². The summed E-state index contributed by atoms with van der Waals surface area (Å²) < 4.78 is 0. The van der Waals surface area contributed by atoms with E-state index in [1.54, 1.807) is 0 Å². The van der Waals surface area contributed by atoms with Gasteiger partial charge in [0, 0.05) is 11.9 Å². The summed E-state index contributed by atoms with van der Waals surface area (Å²) in [6.45, 7) is 0.368. The van der Waals surface area contributed by atoms with Crippen molar-refractivity contribution >= 4 is 15.9 Å². The van der Waals surface area contributed by atoms with E-state index in [2.05, 4.69) is 15.9 Å².